The Morgan fingerprint density at radius 1 is 1.36 bits per heavy atom. The van der Waals surface area contributed by atoms with Crippen molar-refractivity contribution >= 4 is 40.0 Å². The van der Waals surface area contributed by atoms with Gasteiger partial charge in [-0.2, -0.15) is 8.78 Å². The molecule has 14 heteroatoms. The number of aromatic nitrogens is 2. The minimum atomic E-state index is -3.00. The van der Waals surface area contributed by atoms with E-state index in [4.69, 9.17) is 10.5 Å². The number of anilines is 1. The second-order valence-electron chi connectivity index (χ2n) is 7.57. The molecule has 8 nitrogen and oxygen atoms in total. The molecule has 2 aromatic rings. The van der Waals surface area contributed by atoms with E-state index in [1.165, 1.54) is 35.2 Å². The van der Waals surface area contributed by atoms with Crippen molar-refractivity contribution in [3.63, 3.8) is 0 Å². The third-order valence-electron chi connectivity index (χ3n) is 5.43. The van der Waals surface area contributed by atoms with Gasteiger partial charge in [0.2, 0.25) is 0 Å². The van der Waals surface area contributed by atoms with Crippen molar-refractivity contribution in [2.45, 2.75) is 24.2 Å². The fourth-order valence-electron chi connectivity index (χ4n) is 3.70. The van der Waals surface area contributed by atoms with Crippen LogP contribution >= 0.6 is 23.1 Å². The van der Waals surface area contributed by atoms with E-state index in [1.54, 1.807) is 5.38 Å². The average Bonchev–Trinajstić information content (AvgIpc) is 3.28. The summed E-state index contributed by atoms with van der Waals surface area (Å²) in [6.07, 6.45) is 1.12. The number of alkyl halides is 4. The van der Waals surface area contributed by atoms with E-state index in [-0.39, 0.29) is 36.2 Å². The van der Waals surface area contributed by atoms with Gasteiger partial charge in [-0.3, -0.25) is 4.79 Å². The van der Waals surface area contributed by atoms with E-state index in [0.717, 1.165) is 6.20 Å². The molecule has 0 aliphatic carbocycles. The van der Waals surface area contributed by atoms with Gasteiger partial charge in [0.15, 0.2) is 5.17 Å². The van der Waals surface area contributed by atoms with Crippen LogP contribution in [0.4, 0.5) is 23.4 Å². The van der Waals surface area contributed by atoms with Crippen molar-refractivity contribution < 1.29 is 31.8 Å². The molecule has 1 amide bonds. The summed E-state index contributed by atoms with van der Waals surface area (Å²) in [7, 11) is 0. The van der Waals surface area contributed by atoms with Gasteiger partial charge in [-0.25, -0.2) is 23.7 Å². The van der Waals surface area contributed by atoms with Gasteiger partial charge in [-0.05, 0) is 18.6 Å². The number of amidine groups is 1. The third kappa shape index (κ3) is 4.77. The first-order valence-electron chi connectivity index (χ1n) is 9.71. The number of nitrogens with one attached hydrogen (secondary N) is 1. The zero-order valence-electron chi connectivity index (χ0n) is 17.0. The van der Waals surface area contributed by atoms with Crippen LogP contribution in [0.2, 0.25) is 0 Å². The fraction of sp³-hybridized carbons (Fsp3) is 0.474. The van der Waals surface area contributed by atoms with Gasteiger partial charge in [0.25, 0.3) is 5.91 Å². The third-order valence-corrected chi connectivity index (χ3v) is 7.40. The van der Waals surface area contributed by atoms with Crippen molar-refractivity contribution in [1.29, 1.82) is 0 Å². The number of thiazole rings is 1. The van der Waals surface area contributed by atoms with Gasteiger partial charge >= 0.3 is 6.61 Å². The van der Waals surface area contributed by atoms with Crippen molar-refractivity contribution in [2.24, 2.45) is 16.6 Å². The molecule has 0 unspecified atom stereocenters. The number of nitrogens with zero attached hydrogens (tertiary/aromatic N) is 3. The number of pyridine rings is 1. The van der Waals surface area contributed by atoms with Crippen molar-refractivity contribution in [3.05, 3.63) is 34.4 Å². The summed E-state index contributed by atoms with van der Waals surface area (Å²) in [5.41, 5.74) is 3.41. The lowest BCUT2D eigenvalue weighted by Crippen LogP contribution is -2.56. The molecule has 178 valence electrons. The maximum absolute atomic E-state index is 13.5. The van der Waals surface area contributed by atoms with Crippen molar-refractivity contribution in [1.82, 2.24) is 9.97 Å². The average molecular weight is 506 g/mol. The minimum Gasteiger partial charge on any atom is -0.433 e. The van der Waals surface area contributed by atoms with E-state index < -0.39 is 37.0 Å². The summed E-state index contributed by atoms with van der Waals surface area (Å²) in [6.45, 7) is -5.00. The summed E-state index contributed by atoms with van der Waals surface area (Å²) in [4.78, 5) is 25.3. The Morgan fingerprint density at radius 2 is 2.15 bits per heavy atom. The lowest BCUT2D eigenvalue weighted by molar-refractivity contribution is -0.148. The molecule has 2 aliphatic rings. The molecule has 1 saturated heterocycles. The number of hydrogen-bond acceptors (Lipinski definition) is 9. The summed E-state index contributed by atoms with van der Waals surface area (Å²) in [5.74, 6) is -0.348. The second kappa shape index (κ2) is 9.43. The highest BCUT2D eigenvalue weighted by atomic mass is 32.2. The molecule has 4 heterocycles. The van der Waals surface area contributed by atoms with Crippen LogP contribution in [0.15, 0.2) is 28.7 Å². The Bertz CT molecular complexity index is 1030. The van der Waals surface area contributed by atoms with Crippen LogP contribution in [0.25, 0.3) is 0 Å². The molecule has 0 radical (unpaired) electrons. The maximum Gasteiger partial charge on any atom is 0.387 e. The molecule has 4 rings (SSSR count). The largest absolute Gasteiger partial charge is 0.433 e. The Hall–Kier alpha value is -2.45. The van der Waals surface area contributed by atoms with Gasteiger partial charge in [-0.1, -0.05) is 11.8 Å². The van der Waals surface area contributed by atoms with Crippen LogP contribution in [-0.4, -0.2) is 59.0 Å². The van der Waals surface area contributed by atoms with E-state index in [1.807, 2.05) is 0 Å². The lowest BCUT2D eigenvalue weighted by Gasteiger charge is -2.48. The molecule has 2 atom stereocenters. The number of hydrogen-bond donors (Lipinski definition) is 2. The Labute approximate surface area is 194 Å². The number of thioether (sulfide) groups is 1. The number of carbonyl (C=O) groups excluding carboxylic acids is 1. The van der Waals surface area contributed by atoms with Crippen LogP contribution in [0, 0.1) is 5.92 Å². The smallest absolute Gasteiger partial charge is 0.387 e. The number of fused-ring (bicyclic) bond motifs is 1. The van der Waals surface area contributed by atoms with E-state index >= 15 is 0 Å². The molecule has 0 bridgehead atoms. The predicted octanol–water partition coefficient (Wildman–Crippen LogP) is 3.36. The molecule has 33 heavy (non-hydrogen) atoms. The SMILES string of the molecule is NC1=N[C@@]2(c3nc(NC(=O)c4ccc(OC(F)F)cn4)cs3)COC(CF)(CF)C[C@H]2CS1. The number of aliphatic imine (C=N–C) groups is 1. The number of amides is 1. The number of ether oxygens (including phenoxy) is 2. The van der Waals surface area contributed by atoms with Crippen LogP contribution < -0.4 is 15.8 Å². The first kappa shape index (κ1) is 23.7. The predicted molar refractivity (Wildman–Crippen MR) is 115 cm³/mol. The summed E-state index contributed by atoms with van der Waals surface area (Å²) >= 11 is 2.51. The highest BCUT2D eigenvalue weighted by Gasteiger charge is 2.54. The number of carbonyl (C=O) groups is 1. The Morgan fingerprint density at radius 3 is 2.82 bits per heavy atom. The topological polar surface area (TPSA) is 112 Å². The minimum absolute atomic E-state index is 0.0322. The Kier molecular flexibility index (Phi) is 6.77. The first-order chi connectivity index (χ1) is 15.8. The first-order valence-corrected chi connectivity index (χ1v) is 11.6. The quantitative estimate of drug-likeness (QED) is 0.555. The highest BCUT2D eigenvalue weighted by Crippen LogP contribution is 2.49. The normalized spacial score (nSPS) is 24.2. The number of nitrogens with two attached hydrogens (primary N) is 1. The van der Waals surface area contributed by atoms with Gasteiger partial charge in [0, 0.05) is 17.1 Å². The molecule has 2 aliphatic heterocycles. The van der Waals surface area contributed by atoms with Crippen molar-refractivity contribution in [2.75, 3.05) is 31.0 Å². The molecule has 0 saturated carbocycles. The molecule has 2 aromatic heterocycles. The van der Waals surface area contributed by atoms with Gasteiger partial charge < -0.3 is 20.5 Å². The van der Waals surface area contributed by atoms with Gasteiger partial charge in [0.05, 0.1) is 12.8 Å². The molecule has 3 N–H and O–H groups in total. The van der Waals surface area contributed by atoms with E-state index in [0.29, 0.717) is 15.9 Å². The van der Waals surface area contributed by atoms with E-state index in [9.17, 15) is 22.4 Å². The second-order valence-corrected chi connectivity index (χ2v) is 9.47. The zero-order valence-corrected chi connectivity index (χ0v) is 18.6. The summed E-state index contributed by atoms with van der Waals surface area (Å²) in [6, 6.07) is 2.43. The monoisotopic (exact) mass is 505 g/mol. The lowest BCUT2D eigenvalue weighted by atomic mass is 9.76. The van der Waals surface area contributed by atoms with Crippen LogP contribution in [0.5, 0.6) is 5.75 Å². The van der Waals surface area contributed by atoms with Gasteiger partial charge in [0.1, 0.15) is 46.8 Å². The number of rotatable bonds is 7. The summed E-state index contributed by atoms with van der Waals surface area (Å²) in [5, 5.41) is 4.98. The van der Waals surface area contributed by atoms with Crippen molar-refractivity contribution in [3.8, 4) is 5.75 Å². The van der Waals surface area contributed by atoms with Crippen LogP contribution in [0.3, 0.4) is 0 Å². The molecule has 0 aromatic carbocycles. The van der Waals surface area contributed by atoms with Crippen LogP contribution in [-0.2, 0) is 10.3 Å². The summed E-state index contributed by atoms with van der Waals surface area (Å²) < 4.78 is 61.4. The van der Waals surface area contributed by atoms with E-state index in [2.05, 4.69) is 25.0 Å². The standard InChI is InChI=1S/C19H19F4N5O3S2/c20-7-18(8-21)3-10-5-33-17(24)28-19(10,9-30-18)15-27-13(6-32-15)26-14(29)12-2-1-11(4-25-12)31-16(22)23/h1-2,4,6,10,16H,3,5,7-9H2,(H2,24,28)(H,26,29)/t10-,19-/m0/s1. The molecule has 0 spiro atoms. The molecular weight excluding hydrogens is 486 g/mol. The maximum atomic E-state index is 13.5. The molecular formula is C19H19F4N5O3S2. The number of halogens is 4. The Balaban J connectivity index is 1.53. The highest BCUT2D eigenvalue weighted by molar-refractivity contribution is 8.13. The van der Waals surface area contributed by atoms with Crippen LogP contribution in [0.1, 0.15) is 21.9 Å². The zero-order chi connectivity index (χ0) is 23.6. The fourth-order valence-corrected chi connectivity index (χ4v) is 5.65. The van der Waals surface area contributed by atoms with Gasteiger partial charge in [-0.15, -0.1) is 11.3 Å². The molecule has 1 fully saturated rings.